The lowest BCUT2D eigenvalue weighted by molar-refractivity contribution is 0.0720. The van der Waals surface area contributed by atoms with E-state index in [1.165, 1.54) is 12.4 Å². The predicted octanol–water partition coefficient (Wildman–Crippen LogP) is 5.99. The summed E-state index contributed by atoms with van der Waals surface area (Å²) in [6.07, 6.45) is 7.75. The Labute approximate surface area is 233 Å². The molecular formula is C32H32N2O6. The van der Waals surface area contributed by atoms with Gasteiger partial charge >= 0.3 is 11.9 Å². The lowest BCUT2D eigenvalue weighted by atomic mass is 9.85. The van der Waals surface area contributed by atoms with E-state index in [1.807, 2.05) is 24.3 Å². The number of carbonyl (C=O) groups is 2. The second kappa shape index (κ2) is 13.4. The first-order valence-electron chi connectivity index (χ1n) is 13.0. The van der Waals surface area contributed by atoms with Crippen LogP contribution in [0.1, 0.15) is 45.7 Å². The van der Waals surface area contributed by atoms with Crippen molar-refractivity contribution in [3.63, 3.8) is 0 Å². The van der Waals surface area contributed by atoms with Crippen molar-refractivity contribution in [3.8, 4) is 23.0 Å². The van der Waals surface area contributed by atoms with Crippen LogP contribution in [0.2, 0.25) is 0 Å². The van der Waals surface area contributed by atoms with Crippen LogP contribution >= 0.6 is 0 Å². The van der Waals surface area contributed by atoms with E-state index >= 15 is 0 Å². The molecule has 0 saturated carbocycles. The predicted molar refractivity (Wildman–Crippen MR) is 150 cm³/mol. The fourth-order valence-corrected chi connectivity index (χ4v) is 4.28. The summed E-state index contributed by atoms with van der Waals surface area (Å²) in [5.74, 6) is 1.40. The van der Waals surface area contributed by atoms with E-state index in [4.69, 9.17) is 18.9 Å². The smallest absolute Gasteiger partial charge is 0.345 e. The lowest BCUT2D eigenvalue weighted by Gasteiger charge is -2.21. The van der Waals surface area contributed by atoms with Gasteiger partial charge in [0.05, 0.1) is 25.3 Å². The maximum atomic E-state index is 12.4. The van der Waals surface area contributed by atoms with Gasteiger partial charge in [0.25, 0.3) is 0 Å². The summed E-state index contributed by atoms with van der Waals surface area (Å²) < 4.78 is 22.1. The zero-order valence-electron chi connectivity index (χ0n) is 23.0. The van der Waals surface area contributed by atoms with Gasteiger partial charge in [-0.05, 0) is 84.3 Å². The van der Waals surface area contributed by atoms with E-state index in [9.17, 15) is 9.59 Å². The molecule has 40 heavy (non-hydrogen) atoms. The molecule has 0 aliphatic heterocycles. The van der Waals surface area contributed by atoms with Crippen LogP contribution in [0, 0.1) is 11.8 Å². The summed E-state index contributed by atoms with van der Waals surface area (Å²) in [6.45, 7) is 4.41. The maximum absolute atomic E-state index is 12.4. The normalized spacial score (nSPS) is 12.2. The van der Waals surface area contributed by atoms with E-state index in [2.05, 4.69) is 23.8 Å². The minimum atomic E-state index is -0.491. The maximum Gasteiger partial charge on any atom is 0.345 e. The van der Waals surface area contributed by atoms with Crippen LogP contribution in [0.5, 0.6) is 23.0 Å². The topological polar surface area (TPSA) is 96.8 Å². The number of ether oxygens (including phenoxy) is 4. The van der Waals surface area contributed by atoms with Crippen LogP contribution in [-0.4, -0.2) is 36.1 Å². The van der Waals surface area contributed by atoms with Gasteiger partial charge in [-0.1, -0.05) is 26.0 Å². The average Bonchev–Trinajstić information content (AvgIpc) is 2.99. The number of nitrogens with zero attached hydrogens (tertiary/aromatic N) is 2. The van der Waals surface area contributed by atoms with E-state index in [1.54, 1.807) is 63.0 Å². The molecule has 0 spiro atoms. The van der Waals surface area contributed by atoms with Gasteiger partial charge in [-0.25, -0.2) is 9.59 Å². The Morgan fingerprint density at radius 1 is 0.650 bits per heavy atom. The molecule has 0 fully saturated rings. The Balaban J connectivity index is 1.38. The Morgan fingerprint density at radius 3 is 1.43 bits per heavy atom. The van der Waals surface area contributed by atoms with Crippen molar-refractivity contribution in [1.82, 2.24) is 9.97 Å². The van der Waals surface area contributed by atoms with Crippen LogP contribution in [0.25, 0.3) is 0 Å². The third kappa shape index (κ3) is 7.22. The van der Waals surface area contributed by atoms with Gasteiger partial charge in [-0.3, -0.25) is 9.97 Å². The van der Waals surface area contributed by atoms with Gasteiger partial charge in [0.1, 0.15) is 0 Å². The molecule has 0 saturated heterocycles. The molecule has 8 heteroatoms. The van der Waals surface area contributed by atoms with Gasteiger partial charge in [0.15, 0.2) is 23.0 Å². The highest BCUT2D eigenvalue weighted by Crippen LogP contribution is 2.33. The third-order valence-corrected chi connectivity index (χ3v) is 6.74. The number of hydrogen-bond donors (Lipinski definition) is 0. The Hall–Kier alpha value is -4.72. The summed E-state index contributed by atoms with van der Waals surface area (Å²) >= 11 is 0. The number of aromatic nitrogens is 2. The fraction of sp³-hybridized carbons (Fsp3) is 0.250. The van der Waals surface area contributed by atoms with E-state index in [-0.39, 0.29) is 0 Å². The summed E-state index contributed by atoms with van der Waals surface area (Å²) in [6, 6.07) is 17.9. The summed E-state index contributed by atoms with van der Waals surface area (Å²) in [5, 5.41) is 0. The van der Waals surface area contributed by atoms with Crippen molar-refractivity contribution in [2.75, 3.05) is 14.2 Å². The molecule has 0 bridgehead atoms. The molecule has 0 N–H and O–H groups in total. The van der Waals surface area contributed by atoms with Crippen LogP contribution in [0.15, 0.2) is 85.5 Å². The number of methoxy groups -OCH3 is 2. The first-order chi connectivity index (χ1) is 19.4. The zero-order chi connectivity index (χ0) is 28.5. The second-order valence-corrected chi connectivity index (χ2v) is 9.60. The molecule has 2 aromatic carbocycles. The summed E-state index contributed by atoms with van der Waals surface area (Å²) in [5.41, 5.74) is 2.89. The van der Waals surface area contributed by atoms with E-state index in [0.717, 1.165) is 24.0 Å². The first-order valence-corrected chi connectivity index (χ1v) is 13.0. The highest BCUT2D eigenvalue weighted by molar-refractivity contribution is 5.91. The Morgan fingerprint density at radius 2 is 1.07 bits per heavy atom. The number of benzene rings is 2. The summed E-state index contributed by atoms with van der Waals surface area (Å²) in [4.78, 5) is 32.8. The largest absolute Gasteiger partial charge is 0.493 e. The Kier molecular flexibility index (Phi) is 9.46. The van der Waals surface area contributed by atoms with Crippen molar-refractivity contribution in [2.24, 2.45) is 11.8 Å². The molecule has 0 aliphatic carbocycles. The minimum absolute atomic E-state index is 0.336. The van der Waals surface area contributed by atoms with Gasteiger partial charge in [0.2, 0.25) is 0 Å². The zero-order valence-corrected chi connectivity index (χ0v) is 23.0. The molecule has 8 nitrogen and oxygen atoms in total. The molecule has 0 radical (unpaired) electrons. The molecule has 2 heterocycles. The molecule has 4 aromatic rings. The van der Waals surface area contributed by atoms with E-state index in [0.29, 0.717) is 46.0 Å². The highest BCUT2D eigenvalue weighted by atomic mass is 16.6. The van der Waals surface area contributed by atoms with Gasteiger partial charge in [-0.2, -0.15) is 0 Å². The van der Waals surface area contributed by atoms with E-state index < -0.39 is 11.9 Å². The summed E-state index contributed by atoms with van der Waals surface area (Å²) in [7, 11) is 3.11. The van der Waals surface area contributed by atoms with Crippen LogP contribution < -0.4 is 18.9 Å². The van der Waals surface area contributed by atoms with Gasteiger partial charge in [0, 0.05) is 24.8 Å². The van der Waals surface area contributed by atoms with Crippen molar-refractivity contribution < 1.29 is 28.5 Å². The molecule has 2 aromatic heterocycles. The third-order valence-electron chi connectivity index (χ3n) is 6.74. The van der Waals surface area contributed by atoms with Crippen LogP contribution in [-0.2, 0) is 12.8 Å². The molecular weight excluding hydrogens is 508 g/mol. The number of rotatable bonds is 11. The van der Waals surface area contributed by atoms with Crippen molar-refractivity contribution in [1.29, 1.82) is 0 Å². The van der Waals surface area contributed by atoms with Crippen LogP contribution in [0.4, 0.5) is 0 Å². The van der Waals surface area contributed by atoms with Crippen molar-refractivity contribution in [2.45, 2.75) is 26.7 Å². The average molecular weight is 541 g/mol. The molecule has 0 amide bonds. The van der Waals surface area contributed by atoms with Gasteiger partial charge < -0.3 is 18.9 Å². The molecule has 0 unspecified atom stereocenters. The monoisotopic (exact) mass is 540 g/mol. The van der Waals surface area contributed by atoms with Crippen molar-refractivity contribution >= 4 is 11.9 Å². The quantitative estimate of drug-likeness (QED) is 0.169. The molecule has 0 aliphatic rings. The molecule has 2 atom stereocenters. The number of hydrogen-bond acceptors (Lipinski definition) is 8. The standard InChI is InChI=1S/C32H32N2O6/c1-21(15-23-9-11-27(29(17-23)37-3)39-31(35)25-7-5-13-33-19-25)22(2)16-24-10-12-28(30(18-24)38-4)40-32(36)26-8-6-14-34-20-26/h5-14,17-22H,15-16H2,1-4H3/t21-,22+. The SMILES string of the molecule is COc1cc(C[C@@H](C)[C@@H](C)Cc2ccc(OC(=O)c3cccnc3)c(OC)c2)ccc1OC(=O)c1cccnc1. The Bertz CT molecular complexity index is 1330. The fourth-order valence-electron chi connectivity index (χ4n) is 4.28. The second-order valence-electron chi connectivity index (χ2n) is 9.60. The number of carbonyl (C=O) groups excluding carboxylic acids is 2. The number of esters is 2. The molecule has 4 rings (SSSR count). The van der Waals surface area contributed by atoms with Crippen LogP contribution in [0.3, 0.4) is 0 Å². The highest BCUT2D eigenvalue weighted by Gasteiger charge is 2.19. The minimum Gasteiger partial charge on any atom is -0.493 e. The number of pyridine rings is 2. The lowest BCUT2D eigenvalue weighted by Crippen LogP contribution is -2.14. The molecule has 206 valence electrons. The van der Waals surface area contributed by atoms with Gasteiger partial charge in [-0.15, -0.1) is 0 Å². The first kappa shape index (κ1) is 28.3. The van der Waals surface area contributed by atoms with Crippen molar-refractivity contribution in [3.05, 3.63) is 108 Å².